The van der Waals surface area contributed by atoms with Gasteiger partial charge in [-0.2, -0.15) is 0 Å². The highest BCUT2D eigenvalue weighted by molar-refractivity contribution is 6.07. The maximum Gasteiger partial charge on any atom is 0.325 e. The highest BCUT2D eigenvalue weighted by atomic mass is 16.5. The lowest BCUT2D eigenvalue weighted by Gasteiger charge is -2.20. The number of hydrogen-bond donors (Lipinski definition) is 1. The smallest absolute Gasteiger partial charge is 0.325 e. The number of ether oxygens (including phenoxy) is 1. The molecule has 5 nitrogen and oxygen atoms in total. The van der Waals surface area contributed by atoms with Gasteiger partial charge in [0.25, 0.3) is 5.91 Å². The monoisotopic (exact) mass is 302 g/mol. The summed E-state index contributed by atoms with van der Waals surface area (Å²) in [6, 6.07) is 5.73. The molecule has 22 heavy (non-hydrogen) atoms. The molecule has 1 aliphatic carbocycles. The molecule has 0 atom stereocenters. The van der Waals surface area contributed by atoms with Crippen molar-refractivity contribution in [2.45, 2.75) is 45.1 Å². The van der Waals surface area contributed by atoms with Crippen molar-refractivity contribution in [2.75, 3.05) is 13.2 Å². The number of aryl methyl sites for hydroxylation is 2. The Bertz CT molecular complexity index is 606. The third-order valence-electron chi connectivity index (χ3n) is 4.62. The Morgan fingerprint density at radius 1 is 1.23 bits per heavy atom. The summed E-state index contributed by atoms with van der Waals surface area (Å²) in [5, 5.41) is 2.88. The van der Waals surface area contributed by atoms with E-state index in [4.69, 9.17) is 4.74 Å². The van der Waals surface area contributed by atoms with Crippen LogP contribution in [-0.4, -0.2) is 35.5 Å². The van der Waals surface area contributed by atoms with Crippen LogP contribution in [0.3, 0.4) is 0 Å². The van der Waals surface area contributed by atoms with E-state index in [0.717, 1.165) is 42.6 Å². The van der Waals surface area contributed by atoms with Gasteiger partial charge in [-0.15, -0.1) is 0 Å². The van der Waals surface area contributed by atoms with E-state index in [1.165, 1.54) is 4.90 Å². The molecular formula is C17H22N2O3. The van der Waals surface area contributed by atoms with Gasteiger partial charge in [-0.25, -0.2) is 4.79 Å². The first kappa shape index (κ1) is 14.9. The molecule has 1 N–H and O–H groups in total. The molecule has 2 fully saturated rings. The predicted octanol–water partition coefficient (Wildman–Crippen LogP) is 2.55. The second-order valence-corrected chi connectivity index (χ2v) is 6.29. The quantitative estimate of drug-likeness (QED) is 0.870. The minimum atomic E-state index is -0.629. The Labute approximate surface area is 130 Å². The number of benzene rings is 1. The molecule has 2 aliphatic rings. The molecule has 1 aromatic carbocycles. The third kappa shape index (κ3) is 2.56. The van der Waals surface area contributed by atoms with Crippen molar-refractivity contribution in [3.8, 4) is 5.75 Å². The molecule has 1 heterocycles. The van der Waals surface area contributed by atoms with Crippen LogP contribution in [0.4, 0.5) is 4.79 Å². The van der Waals surface area contributed by atoms with Crippen LogP contribution >= 0.6 is 0 Å². The summed E-state index contributed by atoms with van der Waals surface area (Å²) in [6.45, 7) is 4.60. The maximum absolute atomic E-state index is 12.5. The van der Waals surface area contributed by atoms with E-state index < -0.39 is 5.54 Å². The number of rotatable bonds is 4. The summed E-state index contributed by atoms with van der Waals surface area (Å²) >= 11 is 0. The zero-order valence-electron chi connectivity index (χ0n) is 13.1. The highest BCUT2D eigenvalue weighted by Crippen LogP contribution is 2.34. The second kappa shape index (κ2) is 5.63. The first-order valence-electron chi connectivity index (χ1n) is 7.86. The normalized spacial score (nSPS) is 19.8. The van der Waals surface area contributed by atoms with Crippen molar-refractivity contribution in [1.29, 1.82) is 0 Å². The highest BCUT2D eigenvalue weighted by Gasteiger charge is 2.52. The Kier molecular flexibility index (Phi) is 3.81. The lowest BCUT2D eigenvalue weighted by Crippen LogP contribution is -2.44. The van der Waals surface area contributed by atoms with Crippen LogP contribution in [-0.2, 0) is 4.79 Å². The minimum absolute atomic E-state index is 0.0837. The van der Waals surface area contributed by atoms with Gasteiger partial charge in [-0.3, -0.25) is 9.69 Å². The number of urea groups is 1. The van der Waals surface area contributed by atoms with E-state index >= 15 is 0 Å². The van der Waals surface area contributed by atoms with Gasteiger partial charge < -0.3 is 10.1 Å². The van der Waals surface area contributed by atoms with Gasteiger partial charge in [0, 0.05) is 0 Å². The molecular weight excluding hydrogens is 280 g/mol. The van der Waals surface area contributed by atoms with Crippen LogP contribution in [0, 0.1) is 13.8 Å². The average molecular weight is 302 g/mol. The fraction of sp³-hybridized carbons (Fsp3) is 0.529. The predicted molar refractivity (Wildman–Crippen MR) is 82.9 cm³/mol. The molecule has 1 spiro atoms. The SMILES string of the molecule is Cc1ccc(C)c(OCCN2C(=O)NC3(CCCC3)C2=O)c1. The molecule has 3 amide bonds. The minimum Gasteiger partial charge on any atom is -0.491 e. The number of hydrogen-bond acceptors (Lipinski definition) is 3. The largest absolute Gasteiger partial charge is 0.491 e. The van der Waals surface area contributed by atoms with E-state index in [-0.39, 0.29) is 11.9 Å². The number of amides is 3. The van der Waals surface area contributed by atoms with Crippen LogP contribution in [0.5, 0.6) is 5.75 Å². The summed E-state index contributed by atoms with van der Waals surface area (Å²) in [7, 11) is 0. The summed E-state index contributed by atoms with van der Waals surface area (Å²) in [6.07, 6.45) is 3.51. The maximum atomic E-state index is 12.5. The zero-order chi connectivity index (χ0) is 15.7. The second-order valence-electron chi connectivity index (χ2n) is 6.29. The van der Waals surface area contributed by atoms with Gasteiger partial charge in [0.2, 0.25) is 0 Å². The van der Waals surface area contributed by atoms with E-state index in [9.17, 15) is 9.59 Å². The van der Waals surface area contributed by atoms with Crippen molar-refractivity contribution in [1.82, 2.24) is 10.2 Å². The van der Waals surface area contributed by atoms with Crippen molar-refractivity contribution in [2.24, 2.45) is 0 Å². The molecule has 3 rings (SSSR count). The van der Waals surface area contributed by atoms with Crippen LogP contribution in [0.1, 0.15) is 36.8 Å². The molecule has 0 bridgehead atoms. The number of imide groups is 1. The standard InChI is InChI=1S/C17H22N2O3/c1-12-5-6-13(2)14(11-12)22-10-9-19-15(20)17(18-16(19)21)7-3-4-8-17/h5-6,11H,3-4,7-10H2,1-2H3,(H,18,21). The zero-order valence-corrected chi connectivity index (χ0v) is 13.1. The number of carbonyl (C=O) groups is 2. The van der Waals surface area contributed by atoms with Gasteiger partial charge >= 0.3 is 6.03 Å². The van der Waals surface area contributed by atoms with E-state index in [1.54, 1.807) is 0 Å². The Balaban J connectivity index is 1.61. The van der Waals surface area contributed by atoms with Gasteiger partial charge in [0.15, 0.2) is 0 Å². The van der Waals surface area contributed by atoms with Gasteiger partial charge in [-0.05, 0) is 43.9 Å². The van der Waals surface area contributed by atoms with Crippen LogP contribution < -0.4 is 10.1 Å². The Morgan fingerprint density at radius 2 is 1.95 bits per heavy atom. The number of carbonyl (C=O) groups excluding carboxylic acids is 2. The number of nitrogens with zero attached hydrogens (tertiary/aromatic N) is 1. The first-order valence-corrected chi connectivity index (χ1v) is 7.86. The molecule has 1 aromatic rings. The summed E-state index contributed by atoms with van der Waals surface area (Å²) < 4.78 is 5.75. The summed E-state index contributed by atoms with van der Waals surface area (Å²) in [5.74, 6) is 0.724. The molecule has 5 heteroatoms. The van der Waals surface area contributed by atoms with E-state index in [1.807, 2.05) is 32.0 Å². The third-order valence-corrected chi connectivity index (χ3v) is 4.62. The van der Waals surface area contributed by atoms with Crippen LogP contribution in [0.25, 0.3) is 0 Å². The Morgan fingerprint density at radius 3 is 2.68 bits per heavy atom. The fourth-order valence-electron chi connectivity index (χ4n) is 3.31. The molecule has 1 saturated heterocycles. The van der Waals surface area contributed by atoms with Crippen LogP contribution in [0.2, 0.25) is 0 Å². The molecule has 0 radical (unpaired) electrons. The first-order chi connectivity index (χ1) is 10.5. The molecule has 0 unspecified atom stereocenters. The Hall–Kier alpha value is -2.04. The molecule has 1 saturated carbocycles. The van der Waals surface area contributed by atoms with E-state index in [2.05, 4.69) is 5.32 Å². The van der Waals surface area contributed by atoms with Crippen molar-refractivity contribution >= 4 is 11.9 Å². The van der Waals surface area contributed by atoms with Crippen LogP contribution in [0.15, 0.2) is 18.2 Å². The molecule has 118 valence electrons. The topological polar surface area (TPSA) is 58.6 Å². The number of nitrogens with one attached hydrogen (secondary N) is 1. The van der Waals surface area contributed by atoms with Gasteiger partial charge in [0.05, 0.1) is 6.54 Å². The van der Waals surface area contributed by atoms with Gasteiger partial charge in [-0.1, -0.05) is 25.0 Å². The molecule has 0 aromatic heterocycles. The lowest BCUT2D eigenvalue weighted by molar-refractivity contribution is -0.131. The fourth-order valence-corrected chi connectivity index (χ4v) is 3.31. The average Bonchev–Trinajstić information content (AvgIpc) is 3.03. The lowest BCUT2D eigenvalue weighted by atomic mass is 9.98. The van der Waals surface area contributed by atoms with E-state index in [0.29, 0.717) is 13.2 Å². The molecule has 1 aliphatic heterocycles. The van der Waals surface area contributed by atoms with Crippen molar-refractivity contribution in [3.05, 3.63) is 29.3 Å². The summed E-state index contributed by atoms with van der Waals surface area (Å²) in [4.78, 5) is 25.8. The van der Waals surface area contributed by atoms with Crippen molar-refractivity contribution < 1.29 is 14.3 Å². The van der Waals surface area contributed by atoms with Crippen molar-refractivity contribution in [3.63, 3.8) is 0 Å². The summed E-state index contributed by atoms with van der Waals surface area (Å²) in [5.41, 5.74) is 1.55. The van der Waals surface area contributed by atoms with Gasteiger partial charge in [0.1, 0.15) is 17.9 Å².